The van der Waals surface area contributed by atoms with E-state index in [-0.39, 0.29) is 52.0 Å². The van der Waals surface area contributed by atoms with Crippen molar-refractivity contribution < 1.29 is 18.7 Å². The molecule has 3 unspecified atom stereocenters. The van der Waals surface area contributed by atoms with Crippen LogP contribution in [-0.4, -0.2) is 59.2 Å². The minimum absolute atomic E-state index is 0.0143. The van der Waals surface area contributed by atoms with Crippen LogP contribution in [-0.2, 0) is 9.59 Å². The second-order valence-electron chi connectivity index (χ2n) is 12.5. The number of carbonyl (C=O) groups is 2. The number of hydrogen-bond donors (Lipinski definition) is 3. The van der Waals surface area contributed by atoms with Crippen LogP contribution in [0.3, 0.4) is 0 Å². The molecule has 3 atom stereocenters. The van der Waals surface area contributed by atoms with Crippen molar-refractivity contribution in [1.82, 2.24) is 20.9 Å². The van der Waals surface area contributed by atoms with Crippen molar-refractivity contribution >= 4 is 23.4 Å². The van der Waals surface area contributed by atoms with Gasteiger partial charge in [-0.25, -0.2) is 4.39 Å². The summed E-state index contributed by atoms with van der Waals surface area (Å²) in [5.41, 5.74) is -0.499. The average Bonchev–Trinajstić information content (AvgIpc) is 3.23. The van der Waals surface area contributed by atoms with E-state index in [0.717, 1.165) is 38.8 Å². The molecule has 7 nitrogen and oxygen atoms in total. The molecule has 6 fully saturated rings. The highest BCUT2D eigenvalue weighted by Gasteiger charge is 2.69. The standard InChI is InChI=1S/C28H38ClFN4O3/c1-18-9-10-34-13-23(31-28(34,12-18)19-5-3-2-4-6-19)25(36)33-27-15-26(16-27,17-27)32-24(35)14-37-20-7-8-21(29)22(30)11-20/h7-8,11,18-19,23,31H,2-6,9-10,12-17H2,1H3,(H,32,35)(H,33,36). The van der Waals surface area contributed by atoms with Crippen LogP contribution in [0.1, 0.15) is 71.1 Å². The third-order valence-corrected chi connectivity index (χ3v) is 9.93. The van der Waals surface area contributed by atoms with E-state index in [1.54, 1.807) is 0 Å². The predicted octanol–water partition coefficient (Wildman–Crippen LogP) is 3.75. The lowest BCUT2D eigenvalue weighted by Gasteiger charge is -2.70. The smallest absolute Gasteiger partial charge is 0.258 e. The summed E-state index contributed by atoms with van der Waals surface area (Å²) in [4.78, 5) is 28.4. The molecule has 2 amide bonds. The summed E-state index contributed by atoms with van der Waals surface area (Å²) in [6.45, 7) is 4.02. The number of rotatable bonds is 7. The molecular weight excluding hydrogens is 495 g/mol. The normalized spacial score (nSPS) is 37.2. The van der Waals surface area contributed by atoms with E-state index in [1.807, 2.05) is 0 Å². The van der Waals surface area contributed by atoms with Gasteiger partial charge in [0.1, 0.15) is 17.6 Å². The molecule has 4 aliphatic carbocycles. The van der Waals surface area contributed by atoms with Crippen molar-refractivity contribution in [3.8, 4) is 5.75 Å². The highest BCUT2D eigenvalue weighted by molar-refractivity contribution is 6.30. The maximum atomic E-state index is 13.6. The monoisotopic (exact) mass is 532 g/mol. The summed E-state index contributed by atoms with van der Waals surface area (Å²) in [5, 5.41) is 10.3. The van der Waals surface area contributed by atoms with Gasteiger partial charge in [-0.05, 0) is 68.9 Å². The molecule has 2 aliphatic heterocycles. The fourth-order valence-electron chi connectivity index (χ4n) is 8.03. The van der Waals surface area contributed by atoms with Crippen LogP contribution in [0.4, 0.5) is 4.39 Å². The van der Waals surface area contributed by atoms with Gasteiger partial charge in [-0.15, -0.1) is 0 Å². The number of hydrogen-bond acceptors (Lipinski definition) is 5. The summed E-state index contributed by atoms with van der Waals surface area (Å²) < 4.78 is 19.0. The molecule has 0 spiro atoms. The zero-order valence-electron chi connectivity index (χ0n) is 21.6. The van der Waals surface area contributed by atoms with Crippen molar-refractivity contribution in [3.63, 3.8) is 0 Å². The van der Waals surface area contributed by atoms with Crippen LogP contribution in [0.25, 0.3) is 0 Å². The zero-order chi connectivity index (χ0) is 25.8. The predicted molar refractivity (Wildman–Crippen MR) is 139 cm³/mol. The van der Waals surface area contributed by atoms with Gasteiger partial charge in [-0.1, -0.05) is 37.8 Å². The molecule has 202 valence electrons. The van der Waals surface area contributed by atoms with E-state index in [0.29, 0.717) is 11.8 Å². The van der Waals surface area contributed by atoms with Gasteiger partial charge < -0.3 is 15.4 Å². The first kappa shape index (κ1) is 25.4. The summed E-state index contributed by atoms with van der Waals surface area (Å²) in [6.07, 6.45) is 11.0. The summed E-state index contributed by atoms with van der Waals surface area (Å²) in [5.74, 6) is 0.846. The van der Waals surface area contributed by atoms with E-state index in [2.05, 4.69) is 27.8 Å². The number of fused-ring (bicyclic) bond motifs is 1. The minimum atomic E-state index is -0.580. The summed E-state index contributed by atoms with van der Waals surface area (Å²) >= 11 is 5.69. The lowest BCUT2D eigenvalue weighted by atomic mass is 9.44. The lowest BCUT2D eigenvalue weighted by Crippen LogP contribution is -2.84. The van der Waals surface area contributed by atoms with Crippen molar-refractivity contribution in [3.05, 3.63) is 29.0 Å². The molecular formula is C28H38ClFN4O3. The molecule has 0 radical (unpaired) electrons. The van der Waals surface area contributed by atoms with Crippen molar-refractivity contribution in [2.45, 2.75) is 93.9 Å². The number of benzene rings is 1. The van der Waals surface area contributed by atoms with Crippen LogP contribution in [0.15, 0.2) is 18.2 Å². The first-order chi connectivity index (χ1) is 17.7. The highest BCUT2D eigenvalue weighted by atomic mass is 35.5. The quantitative estimate of drug-likeness (QED) is 0.498. The first-order valence-corrected chi connectivity index (χ1v) is 14.3. The van der Waals surface area contributed by atoms with Crippen LogP contribution in [0.2, 0.25) is 5.02 Å². The maximum Gasteiger partial charge on any atom is 0.258 e. The molecule has 37 heavy (non-hydrogen) atoms. The van der Waals surface area contributed by atoms with Gasteiger partial charge in [0.15, 0.2) is 6.61 Å². The molecule has 9 heteroatoms. The zero-order valence-corrected chi connectivity index (χ0v) is 22.3. The third kappa shape index (κ3) is 4.63. The summed E-state index contributed by atoms with van der Waals surface area (Å²) in [6, 6.07) is 3.93. The number of carbonyl (C=O) groups excluding carboxylic acids is 2. The minimum Gasteiger partial charge on any atom is -0.484 e. The van der Waals surface area contributed by atoms with Crippen LogP contribution in [0.5, 0.6) is 5.75 Å². The highest BCUT2D eigenvalue weighted by Crippen LogP contribution is 2.60. The molecule has 1 aromatic carbocycles. The van der Waals surface area contributed by atoms with Crippen molar-refractivity contribution in [2.75, 3.05) is 19.7 Å². The van der Waals surface area contributed by atoms with Gasteiger partial charge >= 0.3 is 0 Å². The Morgan fingerprint density at radius 3 is 2.59 bits per heavy atom. The number of nitrogens with one attached hydrogen (secondary N) is 3. The first-order valence-electron chi connectivity index (χ1n) is 13.9. The largest absolute Gasteiger partial charge is 0.484 e. The molecule has 0 aromatic heterocycles. The van der Waals surface area contributed by atoms with Gasteiger partial charge in [0.2, 0.25) is 5.91 Å². The summed E-state index contributed by atoms with van der Waals surface area (Å²) in [7, 11) is 0. The van der Waals surface area contributed by atoms with E-state index in [4.69, 9.17) is 16.3 Å². The van der Waals surface area contributed by atoms with Gasteiger partial charge in [-0.3, -0.25) is 19.8 Å². The Bertz CT molecular complexity index is 1060. The van der Waals surface area contributed by atoms with Crippen LogP contribution in [0, 0.1) is 17.7 Å². The average molecular weight is 533 g/mol. The fraction of sp³-hybridized carbons (Fsp3) is 0.714. The van der Waals surface area contributed by atoms with Gasteiger partial charge in [-0.2, -0.15) is 0 Å². The Balaban J connectivity index is 1.00. The lowest BCUT2D eigenvalue weighted by molar-refractivity contribution is -0.151. The molecule has 7 rings (SSSR count). The number of piperidine rings is 1. The maximum absolute atomic E-state index is 13.6. The van der Waals surface area contributed by atoms with Crippen molar-refractivity contribution in [1.29, 1.82) is 0 Å². The number of halogens is 2. The van der Waals surface area contributed by atoms with E-state index < -0.39 is 5.82 Å². The van der Waals surface area contributed by atoms with Crippen LogP contribution < -0.4 is 20.7 Å². The van der Waals surface area contributed by atoms with Gasteiger partial charge in [0.05, 0.1) is 10.7 Å². The molecule has 1 aromatic rings. The Kier molecular flexibility index (Phi) is 6.44. The Labute approximate surface area is 223 Å². The number of ether oxygens (including phenoxy) is 1. The Morgan fingerprint density at radius 2 is 1.86 bits per heavy atom. The molecule has 4 saturated carbocycles. The topological polar surface area (TPSA) is 82.7 Å². The number of amides is 2. The Hall–Kier alpha value is -1.90. The fourth-order valence-corrected chi connectivity index (χ4v) is 8.15. The molecule has 6 aliphatic rings. The number of nitrogens with zero attached hydrogens (tertiary/aromatic N) is 1. The SMILES string of the molecule is CC1CCN2CC(C(=O)NC34CC(NC(=O)COc5ccc(Cl)c(F)c5)(C3)C4)NC2(C2CCCCC2)C1. The van der Waals surface area contributed by atoms with E-state index >= 15 is 0 Å². The molecule has 2 saturated heterocycles. The molecule has 3 N–H and O–H groups in total. The van der Waals surface area contributed by atoms with Crippen LogP contribution >= 0.6 is 11.6 Å². The Morgan fingerprint density at radius 1 is 1.14 bits per heavy atom. The van der Waals surface area contributed by atoms with E-state index in [1.165, 1.54) is 56.7 Å². The molecule has 2 bridgehead atoms. The van der Waals surface area contributed by atoms with Gasteiger partial charge in [0, 0.05) is 30.2 Å². The van der Waals surface area contributed by atoms with Gasteiger partial charge in [0.25, 0.3) is 5.91 Å². The third-order valence-electron chi connectivity index (χ3n) is 9.62. The van der Waals surface area contributed by atoms with Crippen molar-refractivity contribution in [2.24, 2.45) is 11.8 Å². The second kappa shape index (κ2) is 9.38. The molecule has 2 heterocycles. The second-order valence-corrected chi connectivity index (χ2v) is 12.9. The van der Waals surface area contributed by atoms with E-state index in [9.17, 15) is 14.0 Å².